The van der Waals surface area contributed by atoms with Crippen molar-refractivity contribution in [1.29, 1.82) is 0 Å². The summed E-state index contributed by atoms with van der Waals surface area (Å²) in [7, 11) is 1.97. The van der Waals surface area contributed by atoms with Gasteiger partial charge in [-0.2, -0.15) is 0 Å². The molecular formula is C19H32IN7OS. The first-order valence-corrected chi connectivity index (χ1v) is 10.7. The van der Waals surface area contributed by atoms with Gasteiger partial charge >= 0.3 is 0 Å². The first-order valence-electron chi connectivity index (χ1n) is 9.84. The number of hydrogen-bond acceptors (Lipinski definition) is 6. The van der Waals surface area contributed by atoms with Crippen LogP contribution in [0.5, 0.6) is 0 Å². The van der Waals surface area contributed by atoms with Crippen LogP contribution in [0.2, 0.25) is 0 Å². The molecule has 0 bridgehead atoms. The lowest BCUT2D eigenvalue weighted by molar-refractivity contribution is 0.0389. The highest BCUT2D eigenvalue weighted by molar-refractivity contribution is 14.0. The maximum Gasteiger partial charge on any atom is 0.191 e. The van der Waals surface area contributed by atoms with Crippen molar-refractivity contribution in [3.8, 4) is 0 Å². The Hall–Kier alpha value is -1.24. The lowest BCUT2D eigenvalue weighted by atomic mass is 10.1. The van der Waals surface area contributed by atoms with E-state index in [-0.39, 0.29) is 24.0 Å². The largest absolute Gasteiger partial charge is 0.379 e. The number of morpholine rings is 1. The van der Waals surface area contributed by atoms with Gasteiger partial charge in [0.05, 0.1) is 13.2 Å². The lowest BCUT2D eigenvalue weighted by Gasteiger charge is -2.27. The Balaban J connectivity index is 0.00000300. The maximum atomic E-state index is 5.42. The monoisotopic (exact) mass is 533 g/mol. The Morgan fingerprint density at radius 2 is 2.10 bits per heavy atom. The molecule has 0 spiro atoms. The molecule has 0 radical (unpaired) electrons. The quantitative estimate of drug-likeness (QED) is 0.307. The van der Waals surface area contributed by atoms with E-state index >= 15 is 0 Å². The molecule has 29 heavy (non-hydrogen) atoms. The van der Waals surface area contributed by atoms with Crippen molar-refractivity contribution < 1.29 is 4.74 Å². The smallest absolute Gasteiger partial charge is 0.191 e. The van der Waals surface area contributed by atoms with Crippen LogP contribution in [-0.2, 0) is 18.3 Å². The molecule has 1 atom stereocenters. The highest BCUT2D eigenvalue weighted by Crippen LogP contribution is 2.19. The van der Waals surface area contributed by atoms with Crippen molar-refractivity contribution in [3.63, 3.8) is 0 Å². The molecule has 10 heteroatoms. The van der Waals surface area contributed by atoms with Crippen molar-refractivity contribution in [2.24, 2.45) is 12.0 Å². The zero-order chi connectivity index (χ0) is 19.8. The van der Waals surface area contributed by atoms with Crippen LogP contribution < -0.4 is 10.6 Å². The summed E-state index contributed by atoms with van der Waals surface area (Å²) in [6.07, 6.45) is 0. The first kappa shape index (κ1) is 24.0. The van der Waals surface area contributed by atoms with E-state index in [1.54, 1.807) is 11.3 Å². The van der Waals surface area contributed by atoms with E-state index in [1.807, 2.05) is 18.5 Å². The zero-order valence-corrected chi connectivity index (χ0v) is 20.6. The van der Waals surface area contributed by atoms with Crippen molar-refractivity contribution in [2.75, 3.05) is 45.9 Å². The normalized spacial score (nSPS) is 16.3. The third kappa shape index (κ3) is 7.50. The van der Waals surface area contributed by atoms with Crippen LogP contribution in [0.1, 0.15) is 29.4 Å². The van der Waals surface area contributed by atoms with Gasteiger partial charge in [0.1, 0.15) is 12.4 Å². The third-order valence-electron chi connectivity index (χ3n) is 4.99. The molecule has 0 aromatic carbocycles. The number of ether oxygens (including phenoxy) is 1. The summed E-state index contributed by atoms with van der Waals surface area (Å²) < 4.78 is 7.39. The fraction of sp³-hybridized carbons (Fsp3) is 0.632. The molecule has 0 amide bonds. The Kier molecular flexibility index (Phi) is 10.3. The lowest BCUT2D eigenvalue weighted by Crippen LogP contribution is -2.45. The zero-order valence-electron chi connectivity index (χ0n) is 17.4. The maximum absolute atomic E-state index is 5.42. The number of aliphatic imine (C=N–C) groups is 1. The van der Waals surface area contributed by atoms with Crippen LogP contribution in [0.25, 0.3) is 0 Å². The second-order valence-corrected chi connectivity index (χ2v) is 8.04. The van der Waals surface area contributed by atoms with Crippen LogP contribution in [0.3, 0.4) is 0 Å². The number of nitrogens with one attached hydrogen (secondary N) is 2. The highest BCUT2D eigenvalue weighted by atomic mass is 127. The van der Waals surface area contributed by atoms with E-state index in [0.29, 0.717) is 12.5 Å². The number of hydrogen-bond donors (Lipinski definition) is 2. The SMILES string of the molecule is Cc1nnc(CN=C(NCCN2CCOCC2)NCC(C)c2cccs2)n1C.I. The molecule has 1 aliphatic heterocycles. The number of nitrogens with zero attached hydrogens (tertiary/aromatic N) is 5. The predicted molar refractivity (Wildman–Crippen MR) is 128 cm³/mol. The first-order chi connectivity index (χ1) is 13.6. The molecule has 0 saturated carbocycles. The molecule has 1 saturated heterocycles. The Morgan fingerprint density at radius 1 is 1.31 bits per heavy atom. The highest BCUT2D eigenvalue weighted by Gasteiger charge is 2.12. The molecule has 2 aromatic heterocycles. The van der Waals surface area contributed by atoms with Crippen LogP contribution >= 0.6 is 35.3 Å². The second kappa shape index (κ2) is 12.5. The molecule has 1 unspecified atom stereocenters. The summed E-state index contributed by atoms with van der Waals surface area (Å²) in [5.41, 5.74) is 0. The predicted octanol–water partition coefficient (Wildman–Crippen LogP) is 1.97. The number of halogens is 1. The van der Waals surface area contributed by atoms with Gasteiger partial charge in [-0.25, -0.2) is 4.99 Å². The summed E-state index contributed by atoms with van der Waals surface area (Å²) in [5.74, 6) is 3.00. The van der Waals surface area contributed by atoms with Gasteiger partial charge in [-0.15, -0.1) is 45.5 Å². The summed E-state index contributed by atoms with van der Waals surface area (Å²) >= 11 is 1.79. The Morgan fingerprint density at radius 3 is 2.76 bits per heavy atom. The molecule has 0 aliphatic carbocycles. The van der Waals surface area contributed by atoms with Gasteiger partial charge in [-0.1, -0.05) is 13.0 Å². The standard InChI is InChI=1S/C19H31N7OS.HI/c1-15(17-5-4-12-28-17)13-21-19(20-6-7-26-8-10-27-11-9-26)22-14-18-24-23-16(2)25(18)3;/h4-5,12,15H,6-11,13-14H2,1-3H3,(H2,20,21,22);1H. The van der Waals surface area contributed by atoms with E-state index in [1.165, 1.54) is 4.88 Å². The number of aromatic nitrogens is 3. The van der Waals surface area contributed by atoms with Crippen molar-refractivity contribution in [2.45, 2.75) is 26.3 Å². The number of rotatable bonds is 8. The van der Waals surface area contributed by atoms with Crippen molar-refractivity contribution in [3.05, 3.63) is 34.0 Å². The minimum atomic E-state index is 0. The van der Waals surface area contributed by atoms with Gasteiger partial charge in [-0.05, 0) is 18.4 Å². The molecule has 1 fully saturated rings. The van der Waals surface area contributed by atoms with Crippen LogP contribution in [0.4, 0.5) is 0 Å². The fourth-order valence-corrected chi connectivity index (χ4v) is 3.78. The third-order valence-corrected chi connectivity index (χ3v) is 6.09. The van der Waals surface area contributed by atoms with Gasteiger partial charge in [-0.3, -0.25) is 4.90 Å². The molecular weight excluding hydrogens is 501 g/mol. The van der Waals surface area contributed by atoms with E-state index in [9.17, 15) is 0 Å². The van der Waals surface area contributed by atoms with E-state index in [4.69, 9.17) is 9.73 Å². The van der Waals surface area contributed by atoms with E-state index < -0.39 is 0 Å². The second-order valence-electron chi connectivity index (χ2n) is 7.07. The molecule has 3 rings (SSSR count). The van der Waals surface area contributed by atoms with Gasteiger partial charge in [0.15, 0.2) is 11.8 Å². The number of aryl methyl sites for hydroxylation is 1. The Bertz CT molecular complexity index is 744. The molecule has 3 heterocycles. The van der Waals surface area contributed by atoms with Crippen molar-refractivity contribution >= 4 is 41.3 Å². The van der Waals surface area contributed by atoms with Gasteiger partial charge in [0.25, 0.3) is 0 Å². The Labute approximate surface area is 194 Å². The molecule has 1 aliphatic rings. The minimum absolute atomic E-state index is 0. The van der Waals surface area contributed by atoms with Gasteiger partial charge in [0, 0.05) is 50.6 Å². The molecule has 2 N–H and O–H groups in total. The topological polar surface area (TPSA) is 79.6 Å². The van der Waals surface area contributed by atoms with E-state index in [2.05, 4.69) is 50.2 Å². The average molecular weight is 533 g/mol. The summed E-state index contributed by atoms with van der Waals surface area (Å²) in [6, 6.07) is 4.28. The summed E-state index contributed by atoms with van der Waals surface area (Å²) in [5, 5.41) is 17.4. The van der Waals surface area contributed by atoms with Gasteiger partial charge in [0.2, 0.25) is 0 Å². The van der Waals surface area contributed by atoms with Crippen molar-refractivity contribution in [1.82, 2.24) is 30.3 Å². The fourth-order valence-electron chi connectivity index (χ4n) is 2.99. The molecule has 162 valence electrons. The summed E-state index contributed by atoms with van der Waals surface area (Å²) in [6.45, 7) is 11.0. The number of guanidine groups is 1. The molecule has 2 aromatic rings. The summed E-state index contributed by atoms with van der Waals surface area (Å²) in [4.78, 5) is 8.53. The average Bonchev–Trinajstić information content (AvgIpc) is 3.36. The van der Waals surface area contributed by atoms with Gasteiger partial charge < -0.3 is 19.9 Å². The van der Waals surface area contributed by atoms with Crippen LogP contribution in [0, 0.1) is 6.92 Å². The van der Waals surface area contributed by atoms with Crippen LogP contribution in [-0.4, -0.2) is 71.6 Å². The van der Waals surface area contributed by atoms with Crippen LogP contribution in [0.15, 0.2) is 22.5 Å². The van der Waals surface area contributed by atoms with E-state index in [0.717, 1.165) is 63.5 Å². The minimum Gasteiger partial charge on any atom is -0.379 e. The number of thiophene rings is 1. The molecule has 8 nitrogen and oxygen atoms in total.